The summed E-state index contributed by atoms with van der Waals surface area (Å²) in [6.07, 6.45) is 7.98. The van der Waals surface area contributed by atoms with Crippen molar-refractivity contribution in [3.8, 4) is 0 Å². The average molecular weight is 373 g/mol. The van der Waals surface area contributed by atoms with Gasteiger partial charge in [0.05, 0.1) is 6.42 Å². The van der Waals surface area contributed by atoms with Gasteiger partial charge in [-0.25, -0.2) is 0 Å². The van der Waals surface area contributed by atoms with Gasteiger partial charge in [-0.05, 0) is 62.8 Å². The van der Waals surface area contributed by atoms with Gasteiger partial charge in [-0.15, -0.1) is 0 Å². The maximum Gasteiger partial charge on any atom is 0.250 e. The fraction of sp³-hybridized carbons (Fsp3) is 0.667. The third-order valence-corrected chi connectivity index (χ3v) is 5.73. The minimum atomic E-state index is -0.921. The molecule has 0 radical (unpaired) electrons. The van der Waals surface area contributed by atoms with E-state index in [1.54, 1.807) is 0 Å². The summed E-state index contributed by atoms with van der Waals surface area (Å²) >= 11 is 0. The fourth-order valence-electron chi connectivity index (χ4n) is 4.50. The summed E-state index contributed by atoms with van der Waals surface area (Å²) in [5.41, 5.74) is 0.100. The highest BCUT2D eigenvalue weighted by Gasteiger charge is 2.45. The lowest BCUT2D eigenvalue weighted by atomic mass is 9.90. The molecule has 3 aliphatic heterocycles. The first-order valence-electron chi connectivity index (χ1n) is 10.1. The number of hydrogen-bond donors (Lipinski definition) is 1. The second-order valence-electron chi connectivity index (χ2n) is 8.70. The zero-order valence-corrected chi connectivity index (χ0v) is 17.0. The van der Waals surface area contributed by atoms with E-state index >= 15 is 0 Å². The molecule has 27 heavy (non-hydrogen) atoms. The lowest BCUT2D eigenvalue weighted by Crippen LogP contribution is -2.60. The summed E-state index contributed by atoms with van der Waals surface area (Å²) in [7, 11) is 0. The van der Waals surface area contributed by atoms with Gasteiger partial charge in [0.15, 0.2) is 0 Å². The van der Waals surface area contributed by atoms with Crippen molar-refractivity contribution < 1.29 is 9.59 Å². The van der Waals surface area contributed by atoms with Gasteiger partial charge in [0.1, 0.15) is 11.4 Å². The summed E-state index contributed by atoms with van der Waals surface area (Å²) in [5, 5.41) is 3.05. The number of likely N-dealkylation sites (tertiary alicyclic amines) is 1. The zero-order chi connectivity index (χ0) is 19.6. The summed E-state index contributed by atoms with van der Waals surface area (Å²) in [4.78, 5) is 33.4. The largest absolute Gasteiger partial charge is 0.354 e. The van der Waals surface area contributed by atoms with Crippen LogP contribution in [0.3, 0.4) is 0 Å². The fourth-order valence-corrected chi connectivity index (χ4v) is 4.50. The van der Waals surface area contributed by atoms with Crippen LogP contribution in [0.1, 0.15) is 47.0 Å². The van der Waals surface area contributed by atoms with Gasteiger partial charge in [0.2, 0.25) is 5.91 Å². The number of aliphatic imine (C=N–C) groups is 1. The molecule has 0 saturated carbocycles. The maximum atomic E-state index is 12.9. The van der Waals surface area contributed by atoms with Crippen LogP contribution in [0.5, 0.6) is 0 Å². The number of hydrogen-bond acceptors (Lipinski definition) is 4. The average Bonchev–Trinajstić information content (AvgIpc) is 2.57. The highest BCUT2D eigenvalue weighted by atomic mass is 16.2. The van der Waals surface area contributed by atoms with E-state index < -0.39 is 5.54 Å². The molecule has 0 bridgehead atoms. The van der Waals surface area contributed by atoms with Crippen molar-refractivity contribution in [3.05, 3.63) is 23.9 Å². The predicted octanol–water partition coefficient (Wildman–Crippen LogP) is 2.33. The van der Waals surface area contributed by atoms with Crippen LogP contribution in [0.2, 0.25) is 0 Å². The molecule has 3 heterocycles. The molecule has 0 aromatic rings. The summed E-state index contributed by atoms with van der Waals surface area (Å²) in [6.45, 7) is 12.3. The highest BCUT2D eigenvalue weighted by molar-refractivity contribution is 6.09. The van der Waals surface area contributed by atoms with E-state index in [1.807, 2.05) is 37.1 Å². The normalized spacial score (nSPS) is 31.3. The van der Waals surface area contributed by atoms with Crippen LogP contribution in [0.4, 0.5) is 0 Å². The molecule has 0 aliphatic carbocycles. The summed E-state index contributed by atoms with van der Waals surface area (Å²) in [6, 6.07) is 0. The van der Waals surface area contributed by atoms with Crippen molar-refractivity contribution in [1.82, 2.24) is 15.1 Å². The molecule has 6 nitrogen and oxygen atoms in total. The van der Waals surface area contributed by atoms with Gasteiger partial charge in [-0.2, -0.15) is 4.99 Å². The minimum Gasteiger partial charge on any atom is -0.354 e. The standard InChI is InChI=1S/C21H32N4O2/c1-15-6-9-25-18(11-15)23-19(26)12-21(25,4)20(27)22-7-5-8-24-13-16(2)10-17(3)14-24/h6,9,11,16-17H,5,7-8,10,12-14H2,1-4H3,(H,22,27)/t16-,17+,21-/m1/s1. The molecule has 3 atom stereocenters. The molecular weight excluding hydrogens is 340 g/mol. The first-order chi connectivity index (χ1) is 12.8. The smallest absolute Gasteiger partial charge is 0.250 e. The lowest BCUT2D eigenvalue weighted by molar-refractivity contribution is -0.134. The Morgan fingerprint density at radius 3 is 2.74 bits per heavy atom. The number of piperidine rings is 1. The Kier molecular flexibility index (Phi) is 5.84. The third-order valence-electron chi connectivity index (χ3n) is 5.73. The quantitative estimate of drug-likeness (QED) is 0.753. The molecule has 2 amide bonds. The van der Waals surface area contributed by atoms with Gasteiger partial charge in [-0.3, -0.25) is 9.59 Å². The zero-order valence-electron chi connectivity index (χ0n) is 17.0. The van der Waals surface area contributed by atoms with Crippen molar-refractivity contribution in [2.75, 3.05) is 26.2 Å². The number of rotatable bonds is 5. The number of amidine groups is 1. The molecule has 1 N–H and O–H groups in total. The van der Waals surface area contributed by atoms with E-state index in [-0.39, 0.29) is 18.2 Å². The van der Waals surface area contributed by atoms with Gasteiger partial charge in [0.25, 0.3) is 5.91 Å². The lowest BCUT2D eigenvalue weighted by Gasteiger charge is -2.42. The second kappa shape index (κ2) is 7.97. The molecule has 0 aromatic heterocycles. The Hall–Kier alpha value is -1.95. The number of nitrogens with zero attached hydrogens (tertiary/aromatic N) is 3. The van der Waals surface area contributed by atoms with Crippen LogP contribution >= 0.6 is 0 Å². The number of allylic oxidation sites excluding steroid dienone is 2. The van der Waals surface area contributed by atoms with E-state index in [0.29, 0.717) is 12.4 Å². The Bertz CT molecular complexity index is 686. The van der Waals surface area contributed by atoms with Crippen molar-refractivity contribution >= 4 is 17.6 Å². The van der Waals surface area contributed by atoms with Gasteiger partial charge < -0.3 is 15.1 Å². The number of carbonyl (C=O) groups is 2. The van der Waals surface area contributed by atoms with Gasteiger partial charge in [-0.1, -0.05) is 13.8 Å². The SMILES string of the molecule is CC1=CC2=NC(=O)C[C@](C)(C(=O)NCCCN3C[C@H](C)C[C@H](C)C3)N2C=C1. The van der Waals surface area contributed by atoms with E-state index in [4.69, 9.17) is 0 Å². The molecular formula is C21H32N4O2. The number of carbonyl (C=O) groups excluding carboxylic acids is 2. The summed E-state index contributed by atoms with van der Waals surface area (Å²) in [5.74, 6) is 1.70. The Balaban J connectivity index is 1.54. The second-order valence-corrected chi connectivity index (χ2v) is 8.70. The Morgan fingerprint density at radius 1 is 1.33 bits per heavy atom. The summed E-state index contributed by atoms with van der Waals surface area (Å²) < 4.78 is 0. The topological polar surface area (TPSA) is 65.0 Å². The molecule has 3 rings (SSSR count). The molecule has 0 aromatic carbocycles. The maximum absolute atomic E-state index is 12.9. The molecule has 6 heteroatoms. The third kappa shape index (κ3) is 4.49. The van der Waals surface area contributed by atoms with Gasteiger partial charge >= 0.3 is 0 Å². The van der Waals surface area contributed by atoms with Crippen LogP contribution in [-0.4, -0.2) is 59.2 Å². The number of fused-ring (bicyclic) bond motifs is 1. The van der Waals surface area contributed by atoms with Crippen LogP contribution < -0.4 is 5.32 Å². The van der Waals surface area contributed by atoms with E-state index in [9.17, 15) is 9.59 Å². The molecule has 148 valence electrons. The predicted molar refractivity (Wildman–Crippen MR) is 107 cm³/mol. The van der Waals surface area contributed by atoms with Crippen LogP contribution in [-0.2, 0) is 9.59 Å². The number of amides is 2. The van der Waals surface area contributed by atoms with E-state index in [1.165, 1.54) is 6.42 Å². The Labute approximate surface area is 162 Å². The van der Waals surface area contributed by atoms with Crippen LogP contribution in [0.25, 0.3) is 0 Å². The van der Waals surface area contributed by atoms with E-state index in [2.05, 4.69) is 29.1 Å². The van der Waals surface area contributed by atoms with Crippen molar-refractivity contribution in [2.24, 2.45) is 16.8 Å². The monoisotopic (exact) mass is 372 g/mol. The first kappa shape index (κ1) is 19.8. The minimum absolute atomic E-state index is 0.0979. The van der Waals surface area contributed by atoms with Crippen LogP contribution in [0, 0.1) is 11.8 Å². The molecule has 0 spiro atoms. The van der Waals surface area contributed by atoms with Crippen LogP contribution in [0.15, 0.2) is 28.9 Å². The molecule has 1 fully saturated rings. The molecule has 0 unspecified atom stereocenters. The van der Waals surface area contributed by atoms with Crippen molar-refractivity contribution in [2.45, 2.75) is 52.5 Å². The molecule has 1 saturated heterocycles. The molecule has 3 aliphatic rings. The first-order valence-corrected chi connectivity index (χ1v) is 10.1. The van der Waals surface area contributed by atoms with Gasteiger partial charge in [0, 0.05) is 25.8 Å². The highest BCUT2D eigenvalue weighted by Crippen LogP contribution is 2.29. The van der Waals surface area contributed by atoms with E-state index in [0.717, 1.165) is 43.5 Å². The van der Waals surface area contributed by atoms with Crippen molar-refractivity contribution in [3.63, 3.8) is 0 Å². The van der Waals surface area contributed by atoms with Crippen molar-refractivity contribution in [1.29, 1.82) is 0 Å². The Morgan fingerprint density at radius 2 is 2.04 bits per heavy atom. The number of nitrogens with one attached hydrogen (secondary N) is 1.